The van der Waals surface area contributed by atoms with E-state index < -0.39 is 5.41 Å². The molecule has 1 aliphatic carbocycles. The maximum Gasteiger partial charge on any atom is 0.257 e. The molecule has 1 aromatic heterocycles. The van der Waals surface area contributed by atoms with E-state index >= 15 is 0 Å². The van der Waals surface area contributed by atoms with Crippen LogP contribution >= 0.6 is 0 Å². The summed E-state index contributed by atoms with van der Waals surface area (Å²) >= 11 is 0. The number of carbonyl (C=O) groups excluding carboxylic acids is 2. The van der Waals surface area contributed by atoms with Gasteiger partial charge in [0, 0.05) is 56.3 Å². The van der Waals surface area contributed by atoms with E-state index in [2.05, 4.69) is 16.0 Å². The van der Waals surface area contributed by atoms with Gasteiger partial charge in [-0.1, -0.05) is 0 Å². The zero-order chi connectivity index (χ0) is 24.0. The molecular weight excluding hydrogens is 433 g/mol. The van der Waals surface area contributed by atoms with Crippen molar-refractivity contribution in [2.45, 2.75) is 45.6 Å². The molecule has 2 amide bonds. The van der Waals surface area contributed by atoms with Crippen LogP contribution in [0.1, 0.15) is 49.9 Å². The largest absolute Gasteiger partial charge is 0.370 e. The molecule has 0 spiro atoms. The number of pyridine rings is 1. The smallest absolute Gasteiger partial charge is 0.257 e. The first-order valence-electron chi connectivity index (χ1n) is 12.1. The third-order valence-electron chi connectivity index (χ3n) is 7.61. The maximum absolute atomic E-state index is 14.3. The maximum atomic E-state index is 14.3. The summed E-state index contributed by atoms with van der Waals surface area (Å²) in [5, 5.41) is 10.2. The summed E-state index contributed by atoms with van der Waals surface area (Å²) in [4.78, 5) is 36.6. The number of benzene rings is 1. The zero-order valence-corrected chi connectivity index (χ0v) is 19.8. The minimum Gasteiger partial charge on any atom is -0.370 e. The Morgan fingerprint density at radius 1 is 1.18 bits per heavy atom. The first-order valence-corrected chi connectivity index (χ1v) is 12.1. The second-order valence-electron chi connectivity index (χ2n) is 10.2. The van der Waals surface area contributed by atoms with Crippen molar-refractivity contribution < 1.29 is 14.0 Å². The predicted octanol–water partition coefficient (Wildman–Crippen LogP) is 3.59. The number of nitrogens with zero attached hydrogens (tertiary/aromatic N) is 5. The Balaban J connectivity index is 1.47. The Labute approximate surface area is 199 Å². The fourth-order valence-electron chi connectivity index (χ4n) is 5.19. The number of amides is 2. The van der Waals surface area contributed by atoms with Crippen molar-refractivity contribution in [2.24, 2.45) is 11.3 Å². The summed E-state index contributed by atoms with van der Waals surface area (Å²) in [7, 11) is 0. The third-order valence-corrected chi connectivity index (χ3v) is 7.61. The van der Waals surface area contributed by atoms with E-state index in [0.29, 0.717) is 67.7 Å². The molecule has 3 aliphatic rings. The molecule has 3 heterocycles. The van der Waals surface area contributed by atoms with Gasteiger partial charge in [-0.05, 0) is 57.7 Å². The van der Waals surface area contributed by atoms with Crippen LogP contribution in [-0.4, -0.2) is 65.4 Å². The minimum absolute atomic E-state index is 0.122. The van der Waals surface area contributed by atoms with E-state index in [1.807, 2.05) is 23.6 Å². The van der Waals surface area contributed by atoms with Crippen molar-refractivity contribution in [3.8, 4) is 6.07 Å². The number of halogens is 1. The molecule has 7 nitrogen and oxygen atoms in total. The van der Waals surface area contributed by atoms with Crippen molar-refractivity contribution >= 4 is 28.4 Å². The van der Waals surface area contributed by atoms with Crippen LogP contribution in [0, 0.1) is 28.5 Å². The highest BCUT2D eigenvalue weighted by molar-refractivity contribution is 6.07. The highest BCUT2D eigenvalue weighted by Gasteiger charge is 2.38. The molecule has 2 saturated heterocycles. The van der Waals surface area contributed by atoms with Gasteiger partial charge in [0.05, 0.1) is 28.3 Å². The van der Waals surface area contributed by atoms with E-state index in [1.165, 1.54) is 12.1 Å². The van der Waals surface area contributed by atoms with Gasteiger partial charge in [0.2, 0.25) is 5.91 Å². The molecule has 2 aromatic rings. The average molecular weight is 464 g/mol. The van der Waals surface area contributed by atoms with Crippen LogP contribution in [0.3, 0.4) is 0 Å². The van der Waals surface area contributed by atoms with Crippen LogP contribution in [-0.2, 0) is 4.79 Å². The highest BCUT2D eigenvalue weighted by atomic mass is 19.1. The summed E-state index contributed by atoms with van der Waals surface area (Å²) < 4.78 is 14.3. The number of fused-ring (bicyclic) bond motifs is 1. The van der Waals surface area contributed by atoms with E-state index in [4.69, 9.17) is 0 Å². The molecule has 178 valence electrons. The van der Waals surface area contributed by atoms with Crippen LogP contribution < -0.4 is 4.90 Å². The second-order valence-corrected chi connectivity index (χ2v) is 10.2. The number of hydrogen-bond donors (Lipinski definition) is 0. The lowest BCUT2D eigenvalue weighted by Crippen LogP contribution is -2.56. The van der Waals surface area contributed by atoms with Gasteiger partial charge < -0.3 is 14.7 Å². The molecule has 3 fully saturated rings. The standard InChI is InChI=1S/C26H30FN5O2/c1-17-15-31(24(33)18-3-4-18)11-12-32(17)25(34)21-14-29-22-6-5-19(27)13-20(22)23(21)30-9-7-26(2,16-28)8-10-30/h5-6,13-14,17-18H,3-4,7-12,15H2,1-2H3/t17-/m1/s1. The molecule has 1 aromatic carbocycles. The molecule has 8 heteroatoms. The Morgan fingerprint density at radius 3 is 2.56 bits per heavy atom. The van der Waals surface area contributed by atoms with Gasteiger partial charge in [0.15, 0.2) is 0 Å². The SMILES string of the molecule is C[C@@H]1CN(C(=O)C2CC2)CCN1C(=O)c1cnc2ccc(F)cc2c1N1CCC(C)(C#N)CC1. The normalized spacial score (nSPS) is 22.5. The predicted molar refractivity (Wildman–Crippen MR) is 127 cm³/mol. The second kappa shape index (κ2) is 8.53. The molecule has 5 rings (SSSR count). The highest BCUT2D eigenvalue weighted by Crippen LogP contribution is 2.38. The van der Waals surface area contributed by atoms with Crippen LogP contribution in [0.25, 0.3) is 10.9 Å². The lowest BCUT2D eigenvalue weighted by atomic mass is 9.81. The third kappa shape index (κ3) is 4.08. The molecule has 0 radical (unpaired) electrons. The average Bonchev–Trinajstić information content (AvgIpc) is 3.68. The molecule has 1 atom stereocenters. The Morgan fingerprint density at radius 2 is 1.91 bits per heavy atom. The summed E-state index contributed by atoms with van der Waals surface area (Å²) in [6, 6.07) is 6.75. The minimum atomic E-state index is -0.395. The van der Waals surface area contributed by atoms with Crippen molar-refractivity contribution in [2.75, 3.05) is 37.6 Å². The van der Waals surface area contributed by atoms with Crippen molar-refractivity contribution in [1.29, 1.82) is 5.26 Å². The van der Waals surface area contributed by atoms with Gasteiger partial charge in [-0.15, -0.1) is 0 Å². The van der Waals surface area contributed by atoms with Gasteiger partial charge in [0.1, 0.15) is 5.82 Å². The van der Waals surface area contributed by atoms with Gasteiger partial charge in [-0.25, -0.2) is 4.39 Å². The number of rotatable bonds is 3. The van der Waals surface area contributed by atoms with Gasteiger partial charge in [-0.3, -0.25) is 14.6 Å². The molecule has 1 saturated carbocycles. The fraction of sp³-hybridized carbons (Fsp3) is 0.538. The van der Waals surface area contributed by atoms with E-state index in [0.717, 1.165) is 12.8 Å². The lowest BCUT2D eigenvalue weighted by Gasteiger charge is -2.41. The summed E-state index contributed by atoms with van der Waals surface area (Å²) in [6.07, 6.45) is 4.89. The number of aromatic nitrogens is 1. The Hall–Kier alpha value is -3.21. The van der Waals surface area contributed by atoms with Crippen molar-refractivity contribution in [3.63, 3.8) is 0 Å². The zero-order valence-electron chi connectivity index (χ0n) is 19.8. The van der Waals surface area contributed by atoms with Crippen molar-refractivity contribution in [1.82, 2.24) is 14.8 Å². The number of nitriles is 1. The quantitative estimate of drug-likeness (QED) is 0.695. The van der Waals surface area contributed by atoms with Crippen LogP contribution in [0.4, 0.5) is 10.1 Å². The molecular formula is C26H30FN5O2. The summed E-state index contributed by atoms with van der Waals surface area (Å²) in [5.74, 6) is -0.150. The van der Waals surface area contributed by atoms with Crippen molar-refractivity contribution in [3.05, 3.63) is 35.8 Å². The molecule has 2 aliphatic heterocycles. The Kier molecular flexibility index (Phi) is 5.67. The van der Waals surface area contributed by atoms with Crippen LogP contribution in [0.15, 0.2) is 24.4 Å². The monoisotopic (exact) mass is 463 g/mol. The molecule has 0 bridgehead atoms. The number of carbonyl (C=O) groups is 2. The molecule has 0 N–H and O–H groups in total. The lowest BCUT2D eigenvalue weighted by molar-refractivity contribution is -0.135. The number of anilines is 1. The number of piperidine rings is 1. The van der Waals surface area contributed by atoms with Gasteiger partial charge >= 0.3 is 0 Å². The topological polar surface area (TPSA) is 80.5 Å². The first-order chi connectivity index (χ1) is 16.3. The van der Waals surface area contributed by atoms with Crippen LogP contribution in [0.5, 0.6) is 0 Å². The Bertz CT molecular complexity index is 1180. The van der Waals surface area contributed by atoms with E-state index in [9.17, 15) is 19.2 Å². The van der Waals surface area contributed by atoms with Crippen LogP contribution in [0.2, 0.25) is 0 Å². The van der Waals surface area contributed by atoms with Gasteiger partial charge in [-0.2, -0.15) is 5.26 Å². The summed E-state index contributed by atoms with van der Waals surface area (Å²) in [5.41, 5.74) is 1.38. The number of piperazine rings is 1. The van der Waals surface area contributed by atoms with E-state index in [-0.39, 0.29) is 29.6 Å². The van der Waals surface area contributed by atoms with E-state index in [1.54, 1.807) is 12.3 Å². The molecule has 0 unspecified atom stereocenters. The first kappa shape index (κ1) is 22.6. The number of hydrogen-bond acceptors (Lipinski definition) is 5. The van der Waals surface area contributed by atoms with Gasteiger partial charge in [0.25, 0.3) is 5.91 Å². The molecule has 34 heavy (non-hydrogen) atoms. The summed E-state index contributed by atoms with van der Waals surface area (Å²) in [6.45, 7) is 6.67. The fourth-order valence-corrected chi connectivity index (χ4v) is 5.19.